The highest BCUT2D eigenvalue weighted by molar-refractivity contribution is 7.07. The summed E-state index contributed by atoms with van der Waals surface area (Å²) in [6.45, 7) is 9.52. The highest BCUT2D eigenvalue weighted by Crippen LogP contribution is 2.36. The van der Waals surface area contributed by atoms with Crippen molar-refractivity contribution in [3.05, 3.63) is 84.5 Å². The number of methoxy groups -OCH3 is 1. The van der Waals surface area contributed by atoms with Crippen LogP contribution >= 0.6 is 11.3 Å². The lowest BCUT2D eigenvalue weighted by Crippen LogP contribution is -2.40. The molecule has 0 fully saturated rings. The van der Waals surface area contributed by atoms with E-state index in [0.717, 1.165) is 17.7 Å². The second kappa shape index (κ2) is 14.2. The normalized spacial score (nSPS) is 15.3. The summed E-state index contributed by atoms with van der Waals surface area (Å²) in [4.78, 5) is 43.9. The van der Waals surface area contributed by atoms with Crippen LogP contribution < -0.4 is 29.1 Å². The van der Waals surface area contributed by atoms with Gasteiger partial charge in [0, 0.05) is 0 Å². The lowest BCUT2D eigenvalue weighted by molar-refractivity contribution is -0.143. The highest BCUT2D eigenvalue weighted by atomic mass is 32.1. The minimum atomic E-state index is -0.836. The minimum Gasteiger partial charge on any atom is -0.491 e. The molecule has 0 unspecified atom stereocenters. The van der Waals surface area contributed by atoms with E-state index >= 15 is 0 Å². The Labute approximate surface area is 253 Å². The first kappa shape index (κ1) is 31.6. The Kier molecular flexibility index (Phi) is 10.4. The molecule has 0 aliphatic carbocycles. The number of benzene rings is 2. The van der Waals surface area contributed by atoms with Crippen LogP contribution in [0.4, 0.5) is 0 Å². The predicted molar refractivity (Wildman–Crippen MR) is 162 cm³/mol. The highest BCUT2D eigenvalue weighted by Gasteiger charge is 2.34. The first-order valence-electron chi connectivity index (χ1n) is 14.1. The third kappa shape index (κ3) is 7.16. The first-order valence-corrected chi connectivity index (χ1v) is 14.9. The van der Waals surface area contributed by atoms with Crippen molar-refractivity contribution in [3.8, 4) is 17.2 Å². The zero-order valence-corrected chi connectivity index (χ0v) is 26.0. The Hall–Kier alpha value is -4.38. The Bertz CT molecular complexity index is 1690. The molecule has 0 N–H and O–H groups in total. The molecule has 2 aromatic carbocycles. The Morgan fingerprint density at radius 3 is 2.44 bits per heavy atom. The summed E-state index contributed by atoms with van der Waals surface area (Å²) in [5.74, 6) is 0.321. The van der Waals surface area contributed by atoms with Crippen LogP contribution in [-0.4, -0.2) is 49.5 Å². The number of carbonyl (C=O) groups excluding carboxylic acids is 2. The fraction of sp³-hybridized carbons (Fsp3) is 0.375. The van der Waals surface area contributed by atoms with Gasteiger partial charge in [0.05, 0.1) is 48.3 Å². The first-order chi connectivity index (χ1) is 20.7. The maximum Gasteiger partial charge on any atom is 0.343 e. The van der Waals surface area contributed by atoms with Crippen LogP contribution in [0.15, 0.2) is 63.5 Å². The van der Waals surface area contributed by atoms with E-state index in [-0.39, 0.29) is 30.5 Å². The summed E-state index contributed by atoms with van der Waals surface area (Å²) < 4.78 is 29.3. The third-order valence-corrected chi connectivity index (χ3v) is 7.75. The number of rotatable bonds is 12. The van der Waals surface area contributed by atoms with Crippen molar-refractivity contribution in [3.63, 3.8) is 0 Å². The topological polar surface area (TPSA) is 115 Å². The van der Waals surface area contributed by atoms with Crippen LogP contribution in [0.25, 0.3) is 6.08 Å². The molecule has 0 saturated carbocycles. The van der Waals surface area contributed by atoms with Crippen molar-refractivity contribution < 1.29 is 33.3 Å². The molecule has 2 atom stereocenters. The van der Waals surface area contributed by atoms with Gasteiger partial charge in [-0.3, -0.25) is 9.36 Å². The third-order valence-electron chi connectivity index (χ3n) is 6.76. The van der Waals surface area contributed by atoms with Gasteiger partial charge in [0.15, 0.2) is 22.9 Å². The van der Waals surface area contributed by atoms with Crippen molar-refractivity contribution in [1.29, 1.82) is 0 Å². The van der Waals surface area contributed by atoms with Gasteiger partial charge in [-0.1, -0.05) is 36.5 Å². The van der Waals surface area contributed by atoms with Crippen molar-refractivity contribution in [1.82, 2.24) is 4.57 Å². The number of hydrogen-bond acceptors (Lipinski definition) is 10. The number of hydrogen-bond donors (Lipinski definition) is 0. The van der Waals surface area contributed by atoms with E-state index in [0.29, 0.717) is 38.7 Å². The molecule has 11 heteroatoms. The standard InChI is InChI=1S/C32H36N2O8S/c1-7-19(4)42-23-13-10-21(11-14-23)16-26-30(36)34-29(28(31(37)40-9-3)20(5)33-32(34)43-26)22-12-15-24(25(17-22)39-8-2)41-18-27(35)38-6/h10-17,19,29H,7-9,18H2,1-6H3/b26-16-/t19-,29-/m1/s1. The molecule has 1 aliphatic rings. The van der Waals surface area contributed by atoms with E-state index in [4.69, 9.17) is 18.9 Å². The Morgan fingerprint density at radius 2 is 1.79 bits per heavy atom. The largest absolute Gasteiger partial charge is 0.491 e. The monoisotopic (exact) mass is 608 g/mol. The van der Waals surface area contributed by atoms with E-state index in [1.807, 2.05) is 38.1 Å². The van der Waals surface area contributed by atoms with Crippen LogP contribution in [0.3, 0.4) is 0 Å². The van der Waals surface area contributed by atoms with E-state index < -0.39 is 18.0 Å². The Balaban J connectivity index is 1.82. The number of ether oxygens (including phenoxy) is 5. The quantitative estimate of drug-likeness (QED) is 0.284. The van der Waals surface area contributed by atoms with Crippen LogP contribution in [0, 0.1) is 0 Å². The molecule has 1 aromatic heterocycles. The molecular formula is C32H36N2O8S. The maximum atomic E-state index is 13.9. The molecule has 228 valence electrons. The fourth-order valence-corrected chi connectivity index (χ4v) is 5.54. The molecule has 0 saturated heterocycles. The van der Waals surface area contributed by atoms with Gasteiger partial charge in [0.25, 0.3) is 5.56 Å². The summed E-state index contributed by atoms with van der Waals surface area (Å²) in [6.07, 6.45) is 2.79. The molecule has 0 spiro atoms. The number of nitrogens with zero attached hydrogens (tertiary/aromatic N) is 2. The van der Waals surface area contributed by atoms with Gasteiger partial charge in [-0.25, -0.2) is 14.6 Å². The minimum absolute atomic E-state index is 0.100. The predicted octanol–water partition coefficient (Wildman–Crippen LogP) is 3.93. The second-order valence-corrected chi connectivity index (χ2v) is 10.7. The van der Waals surface area contributed by atoms with Crippen molar-refractivity contribution in [2.45, 2.75) is 53.2 Å². The lowest BCUT2D eigenvalue weighted by atomic mass is 9.95. The number of carbonyl (C=O) groups is 2. The number of esters is 2. The summed E-state index contributed by atoms with van der Waals surface area (Å²) >= 11 is 1.24. The zero-order chi connectivity index (χ0) is 31.1. The number of thiazole rings is 1. The van der Waals surface area contributed by atoms with Crippen molar-refractivity contribution in [2.24, 2.45) is 4.99 Å². The van der Waals surface area contributed by atoms with Gasteiger partial charge >= 0.3 is 11.9 Å². The van der Waals surface area contributed by atoms with E-state index in [1.54, 1.807) is 38.1 Å². The number of fused-ring (bicyclic) bond motifs is 1. The van der Waals surface area contributed by atoms with Crippen molar-refractivity contribution >= 4 is 29.4 Å². The zero-order valence-electron chi connectivity index (χ0n) is 25.2. The summed E-state index contributed by atoms with van der Waals surface area (Å²) in [7, 11) is 1.28. The van der Waals surface area contributed by atoms with E-state index in [1.165, 1.54) is 23.0 Å². The molecule has 2 heterocycles. The lowest BCUT2D eigenvalue weighted by Gasteiger charge is -2.25. The van der Waals surface area contributed by atoms with Gasteiger partial charge in [-0.2, -0.15) is 0 Å². The van der Waals surface area contributed by atoms with Gasteiger partial charge in [-0.05, 0) is 75.6 Å². The van der Waals surface area contributed by atoms with Gasteiger partial charge in [0.2, 0.25) is 0 Å². The SMILES string of the molecule is CCOC(=O)C1=C(C)N=c2s/c(=C\c3ccc(O[C@H](C)CC)cc3)c(=O)n2[C@@H]1c1ccc(OCC(=O)OC)c(OCC)c1. The van der Waals surface area contributed by atoms with E-state index in [9.17, 15) is 14.4 Å². The smallest absolute Gasteiger partial charge is 0.343 e. The van der Waals surface area contributed by atoms with Gasteiger partial charge in [0.1, 0.15) is 5.75 Å². The van der Waals surface area contributed by atoms with E-state index in [2.05, 4.69) is 16.7 Å². The van der Waals surface area contributed by atoms with Gasteiger partial charge < -0.3 is 23.7 Å². The van der Waals surface area contributed by atoms with Crippen LogP contribution in [0.2, 0.25) is 0 Å². The molecule has 43 heavy (non-hydrogen) atoms. The van der Waals surface area contributed by atoms with Crippen molar-refractivity contribution in [2.75, 3.05) is 26.9 Å². The second-order valence-electron chi connectivity index (χ2n) is 9.71. The molecule has 3 aromatic rings. The van der Waals surface area contributed by atoms with Crippen LogP contribution in [-0.2, 0) is 19.1 Å². The van der Waals surface area contributed by atoms with Crippen LogP contribution in [0.5, 0.6) is 17.2 Å². The fourth-order valence-electron chi connectivity index (χ4n) is 4.49. The maximum absolute atomic E-state index is 13.9. The summed E-state index contributed by atoms with van der Waals surface area (Å²) in [5.41, 5.74) is 1.81. The summed E-state index contributed by atoms with van der Waals surface area (Å²) in [6, 6.07) is 11.8. The number of aromatic nitrogens is 1. The summed E-state index contributed by atoms with van der Waals surface area (Å²) in [5, 5.41) is 0. The number of allylic oxidation sites excluding steroid dienone is 1. The average molecular weight is 609 g/mol. The molecule has 0 radical (unpaired) electrons. The average Bonchev–Trinajstić information content (AvgIpc) is 3.30. The molecule has 0 amide bonds. The van der Waals surface area contributed by atoms with Crippen LogP contribution in [0.1, 0.15) is 58.2 Å². The molecule has 4 rings (SSSR count). The Morgan fingerprint density at radius 1 is 1.05 bits per heavy atom. The molecule has 0 bridgehead atoms. The molecule has 1 aliphatic heterocycles. The molecular weight excluding hydrogens is 572 g/mol. The van der Waals surface area contributed by atoms with Gasteiger partial charge in [-0.15, -0.1) is 0 Å². The molecule has 10 nitrogen and oxygen atoms in total.